The molecule has 8 heteroatoms. The second kappa shape index (κ2) is 7.91. The van der Waals surface area contributed by atoms with Crippen LogP contribution < -0.4 is 5.73 Å². The molecule has 0 aliphatic rings. The molecule has 0 heterocycles. The molecule has 0 aromatic heterocycles. The number of carboxylic acid groups (broad SMARTS) is 1. The molecule has 0 aliphatic carbocycles. The second-order valence-corrected chi connectivity index (χ2v) is 2.89. The molecule has 1 amide bonds. The van der Waals surface area contributed by atoms with Gasteiger partial charge >= 0.3 is 12.1 Å². The van der Waals surface area contributed by atoms with Crippen LogP contribution in [0.2, 0.25) is 0 Å². The number of alkyl halides is 3. The van der Waals surface area contributed by atoms with Gasteiger partial charge in [-0.1, -0.05) is 0 Å². The van der Waals surface area contributed by atoms with Gasteiger partial charge in [0.1, 0.15) is 0 Å². The quantitative estimate of drug-likeness (QED) is 0.754. The first-order valence-corrected chi connectivity index (χ1v) is 4.34. The molecular weight excluding hydrogens is 229 g/mol. The Bertz CT molecular complexity index is 231. The van der Waals surface area contributed by atoms with Gasteiger partial charge in [0.2, 0.25) is 5.91 Å². The fourth-order valence-electron chi connectivity index (χ4n) is 0.486. The maximum atomic E-state index is 10.6. The summed E-state index contributed by atoms with van der Waals surface area (Å²) in [5.41, 5.74) is 5.24. The van der Waals surface area contributed by atoms with E-state index in [1.165, 1.54) is 0 Å². The molecule has 5 nitrogen and oxygen atoms in total. The van der Waals surface area contributed by atoms with Crippen LogP contribution in [-0.4, -0.2) is 48.2 Å². The number of carboxylic acids is 1. The lowest BCUT2D eigenvalue weighted by molar-refractivity contribution is -0.192. The van der Waals surface area contributed by atoms with Gasteiger partial charge < -0.3 is 15.7 Å². The van der Waals surface area contributed by atoms with Gasteiger partial charge in [0.15, 0.2) is 0 Å². The third kappa shape index (κ3) is 10.8. The van der Waals surface area contributed by atoms with Gasteiger partial charge in [-0.25, -0.2) is 4.79 Å². The van der Waals surface area contributed by atoms with E-state index in [4.69, 9.17) is 15.6 Å². The van der Waals surface area contributed by atoms with Gasteiger partial charge in [-0.05, 0) is 13.0 Å². The van der Waals surface area contributed by atoms with Crippen molar-refractivity contribution >= 4 is 11.9 Å². The molecule has 16 heavy (non-hydrogen) atoms. The molecule has 0 spiro atoms. The molecule has 0 aromatic rings. The summed E-state index contributed by atoms with van der Waals surface area (Å²) >= 11 is 0. The molecule has 0 fully saturated rings. The number of halogens is 3. The summed E-state index contributed by atoms with van der Waals surface area (Å²) in [6.07, 6.45) is -4.20. The topological polar surface area (TPSA) is 83.6 Å². The standard InChI is InChI=1S/C6H14N2O.C2HF3O2/c1-6(9)8(2)5-3-4-7;3-2(4,5)1(6)7/h3-5,7H2,1-2H3;(H,6,7). The SMILES string of the molecule is CC(=O)N(C)CCCN.O=C(O)C(F)(F)F. The highest BCUT2D eigenvalue weighted by Gasteiger charge is 2.38. The molecule has 0 aromatic carbocycles. The molecular formula is C8H15F3N2O3. The van der Waals surface area contributed by atoms with Crippen LogP contribution in [0.5, 0.6) is 0 Å². The number of hydrogen-bond donors (Lipinski definition) is 2. The van der Waals surface area contributed by atoms with Gasteiger partial charge in [-0.3, -0.25) is 4.79 Å². The van der Waals surface area contributed by atoms with Gasteiger partial charge in [0, 0.05) is 20.5 Å². The maximum Gasteiger partial charge on any atom is 0.490 e. The molecule has 0 saturated carbocycles. The van der Waals surface area contributed by atoms with Crippen LogP contribution in [0.15, 0.2) is 0 Å². The van der Waals surface area contributed by atoms with E-state index in [0.29, 0.717) is 6.54 Å². The number of rotatable bonds is 3. The minimum Gasteiger partial charge on any atom is -0.475 e. The van der Waals surface area contributed by atoms with Crippen LogP contribution in [0.1, 0.15) is 13.3 Å². The fourth-order valence-corrected chi connectivity index (χ4v) is 0.486. The Morgan fingerprint density at radius 2 is 1.75 bits per heavy atom. The van der Waals surface area contributed by atoms with E-state index in [1.807, 2.05) is 0 Å². The van der Waals surface area contributed by atoms with Crippen molar-refractivity contribution in [3.63, 3.8) is 0 Å². The van der Waals surface area contributed by atoms with E-state index in [-0.39, 0.29) is 5.91 Å². The van der Waals surface area contributed by atoms with Crippen LogP contribution in [0.25, 0.3) is 0 Å². The third-order valence-electron chi connectivity index (χ3n) is 1.48. The first-order valence-electron chi connectivity index (χ1n) is 4.34. The number of aliphatic carboxylic acids is 1. The van der Waals surface area contributed by atoms with Crippen molar-refractivity contribution in [2.75, 3.05) is 20.1 Å². The van der Waals surface area contributed by atoms with E-state index >= 15 is 0 Å². The summed E-state index contributed by atoms with van der Waals surface area (Å²) in [5.74, 6) is -2.66. The number of carbonyl (C=O) groups is 2. The molecule has 0 bridgehead atoms. The molecule has 0 rings (SSSR count). The van der Waals surface area contributed by atoms with Gasteiger partial charge in [-0.15, -0.1) is 0 Å². The van der Waals surface area contributed by atoms with Crippen LogP contribution >= 0.6 is 0 Å². The average Bonchev–Trinajstić information content (AvgIpc) is 2.13. The lowest BCUT2D eigenvalue weighted by atomic mass is 10.4. The Labute approximate surface area is 91.0 Å². The van der Waals surface area contributed by atoms with E-state index in [9.17, 15) is 18.0 Å². The lowest BCUT2D eigenvalue weighted by Crippen LogP contribution is -2.26. The summed E-state index contributed by atoms with van der Waals surface area (Å²) in [7, 11) is 1.78. The first-order chi connectivity index (χ1) is 7.12. The van der Waals surface area contributed by atoms with Crippen molar-refractivity contribution in [1.29, 1.82) is 0 Å². The zero-order valence-corrected chi connectivity index (χ0v) is 9.04. The molecule has 96 valence electrons. The summed E-state index contributed by atoms with van der Waals surface area (Å²) in [4.78, 5) is 21.1. The van der Waals surface area contributed by atoms with Gasteiger partial charge in [0.05, 0.1) is 0 Å². The van der Waals surface area contributed by atoms with Crippen molar-refractivity contribution in [3.05, 3.63) is 0 Å². The first kappa shape index (κ1) is 17.1. The van der Waals surface area contributed by atoms with Crippen LogP contribution in [0.4, 0.5) is 13.2 Å². The Morgan fingerprint density at radius 3 is 1.94 bits per heavy atom. The maximum absolute atomic E-state index is 10.6. The molecule has 3 N–H and O–H groups in total. The number of carbonyl (C=O) groups excluding carboxylic acids is 1. The molecule has 0 aliphatic heterocycles. The van der Waals surface area contributed by atoms with Crippen molar-refractivity contribution in [3.8, 4) is 0 Å². The zero-order chi connectivity index (χ0) is 13.4. The van der Waals surface area contributed by atoms with Crippen LogP contribution in [-0.2, 0) is 9.59 Å². The number of nitrogens with zero attached hydrogens (tertiary/aromatic N) is 1. The monoisotopic (exact) mass is 244 g/mol. The predicted molar refractivity (Wildman–Crippen MR) is 50.7 cm³/mol. The van der Waals surface area contributed by atoms with E-state index in [1.54, 1.807) is 18.9 Å². The van der Waals surface area contributed by atoms with Crippen molar-refractivity contribution in [2.45, 2.75) is 19.5 Å². The highest BCUT2D eigenvalue weighted by atomic mass is 19.4. The predicted octanol–water partition coefficient (Wildman–Crippen LogP) is 0.447. The Hall–Kier alpha value is -1.31. The van der Waals surface area contributed by atoms with Gasteiger partial charge in [-0.2, -0.15) is 13.2 Å². The summed E-state index contributed by atoms with van der Waals surface area (Å²) in [5, 5.41) is 7.12. The second-order valence-electron chi connectivity index (χ2n) is 2.89. The Morgan fingerprint density at radius 1 is 1.38 bits per heavy atom. The molecule has 0 saturated heterocycles. The van der Waals surface area contributed by atoms with Gasteiger partial charge in [0.25, 0.3) is 0 Å². The lowest BCUT2D eigenvalue weighted by Gasteiger charge is -2.12. The minimum absolute atomic E-state index is 0.100. The molecule has 0 unspecified atom stereocenters. The third-order valence-corrected chi connectivity index (χ3v) is 1.48. The fraction of sp³-hybridized carbons (Fsp3) is 0.750. The largest absolute Gasteiger partial charge is 0.490 e. The Kier molecular flexibility index (Phi) is 8.46. The van der Waals surface area contributed by atoms with Crippen molar-refractivity contribution in [2.24, 2.45) is 5.73 Å². The van der Waals surface area contributed by atoms with E-state index in [0.717, 1.165) is 13.0 Å². The summed E-state index contributed by atoms with van der Waals surface area (Å²) in [6.45, 7) is 2.97. The van der Waals surface area contributed by atoms with E-state index < -0.39 is 12.1 Å². The zero-order valence-electron chi connectivity index (χ0n) is 9.04. The number of amides is 1. The van der Waals surface area contributed by atoms with Crippen LogP contribution in [0, 0.1) is 0 Å². The Balaban J connectivity index is 0. The number of hydrogen-bond acceptors (Lipinski definition) is 3. The highest BCUT2D eigenvalue weighted by molar-refractivity contribution is 5.73. The average molecular weight is 244 g/mol. The van der Waals surface area contributed by atoms with E-state index in [2.05, 4.69) is 0 Å². The highest BCUT2D eigenvalue weighted by Crippen LogP contribution is 2.13. The smallest absolute Gasteiger partial charge is 0.475 e. The normalized spacial score (nSPS) is 10.1. The summed E-state index contributed by atoms with van der Waals surface area (Å²) in [6, 6.07) is 0. The molecule has 0 radical (unpaired) electrons. The minimum atomic E-state index is -5.08. The van der Waals surface area contributed by atoms with Crippen LogP contribution in [0.3, 0.4) is 0 Å². The number of nitrogens with two attached hydrogens (primary N) is 1. The molecule has 0 atom stereocenters. The van der Waals surface area contributed by atoms with Crippen molar-refractivity contribution < 1.29 is 27.9 Å². The summed E-state index contributed by atoms with van der Waals surface area (Å²) < 4.78 is 31.7. The van der Waals surface area contributed by atoms with Crippen molar-refractivity contribution in [1.82, 2.24) is 4.90 Å².